The summed E-state index contributed by atoms with van der Waals surface area (Å²) in [6.45, 7) is 2.23. The lowest BCUT2D eigenvalue weighted by molar-refractivity contribution is -0.117. The third-order valence-corrected chi connectivity index (χ3v) is 3.74. The number of carbonyl (C=O) groups is 1. The van der Waals surface area contributed by atoms with Gasteiger partial charge in [-0.1, -0.05) is 0 Å². The molecule has 0 radical (unpaired) electrons. The minimum absolute atomic E-state index is 0.0813. The van der Waals surface area contributed by atoms with Crippen molar-refractivity contribution in [1.29, 1.82) is 0 Å². The van der Waals surface area contributed by atoms with E-state index in [9.17, 15) is 9.18 Å². The first-order valence-electron chi connectivity index (χ1n) is 8.04. The van der Waals surface area contributed by atoms with Gasteiger partial charge in [-0.15, -0.1) is 0 Å². The molecule has 0 bridgehead atoms. The quantitative estimate of drug-likeness (QED) is 0.736. The van der Waals surface area contributed by atoms with Crippen molar-refractivity contribution in [1.82, 2.24) is 15.0 Å². The van der Waals surface area contributed by atoms with Crippen LogP contribution < -0.4 is 10.5 Å². The van der Waals surface area contributed by atoms with Gasteiger partial charge in [-0.2, -0.15) is 0 Å². The monoisotopic (exact) mass is 352 g/mol. The van der Waals surface area contributed by atoms with E-state index >= 15 is 0 Å². The number of ether oxygens (including phenoxy) is 1. The van der Waals surface area contributed by atoms with Gasteiger partial charge in [-0.3, -0.25) is 9.78 Å². The molecule has 7 heteroatoms. The zero-order valence-electron chi connectivity index (χ0n) is 14.1. The van der Waals surface area contributed by atoms with Crippen LogP contribution in [0.1, 0.15) is 12.5 Å². The van der Waals surface area contributed by atoms with Gasteiger partial charge in [0.2, 0.25) is 5.91 Å². The van der Waals surface area contributed by atoms with Gasteiger partial charge >= 0.3 is 0 Å². The predicted molar refractivity (Wildman–Crippen MR) is 94.7 cm³/mol. The number of primary amides is 1. The van der Waals surface area contributed by atoms with Crippen molar-refractivity contribution < 1.29 is 13.9 Å². The minimum Gasteiger partial charge on any atom is -0.493 e. The highest BCUT2D eigenvalue weighted by Crippen LogP contribution is 2.31. The number of benzene rings is 1. The summed E-state index contributed by atoms with van der Waals surface area (Å²) in [6.07, 6.45) is 4.71. The minimum atomic E-state index is -0.441. The molecule has 0 aliphatic carbocycles. The number of nitrogens with zero attached hydrogens (tertiary/aromatic N) is 3. The summed E-state index contributed by atoms with van der Waals surface area (Å²) in [5.41, 5.74) is 8.54. The molecule has 6 nitrogen and oxygen atoms in total. The Bertz CT molecular complexity index is 946. The highest BCUT2D eigenvalue weighted by Gasteiger charge is 2.13. The first kappa shape index (κ1) is 17.5. The maximum atomic E-state index is 13.5. The number of hydrogen-bond donors (Lipinski definition) is 1. The van der Waals surface area contributed by atoms with E-state index < -0.39 is 5.91 Å². The van der Waals surface area contributed by atoms with E-state index in [0.29, 0.717) is 34.9 Å². The van der Waals surface area contributed by atoms with E-state index in [1.165, 1.54) is 18.5 Å². The number of pyridine rings is 1. The van der Waals surface area contributed by atoms with Crippen LogP contribution in [0, 0.1) is 5.82 Å². The van der Waals surface area contributed by atoms with E-state index in [0.717, 1.165) is 5.56 Å². The second-order valence-electron chi connectivity index (χ2n) is 5.54. The molecule has 2 heterocycles. The Kier molecular flexibility index (Phi) is 5.17. The van der Waals surface area contributed by atoms with Gasteiger partial charge in [0, 0.05) is 29.6 Å². The molecule has 0 saturated heterocycles. The van der Waals surface area contributed by atoms with Crippen molar-refractivity contribution in [3.05, 3.63) is 60.4 Å². The topological polar surface area (TPSA) is 91.0 Å². The van der Waals surface area contributed by atoms with Gasteiger partial charge < -0.3 is 10.5 Å². The molecule has 2 aromatic heterocycles. The van der Waals surface area contributed by atoms with Crippen molar-refractivity contribution in [2.24, 2.45) is 5.73 Å². The molecule has 3 rings (SSSR count). The molecular weight excluding hydrogens is 335 g/mol. The van der Waals surface area contributed by atoms with Crippen molar-refractivity contribution in [3.63, 3.8) is 0 Å². The second-order valence-corrected chi connectivity index (χ2v) is 5.54. The molecule has 26 heavy (non-hydrogen) atoms. The van der Waals surface area contributed by atoms with Crippen molar-refractivity contribution in [3.8, 4) is 28.3 Å². The van der Waals surface area contributed by atoms with Crippen LogP contribution in [-0.4, -0.2) is 27.5 Å². The molecule has 1 amide bonds. The predicted octanol–water partition coefficient (Wildman–Crippen LogP) is 2.77. The first-order valence-corrected chi connectivity index (χ1v) is 8.04. The molecule has 0 fully saturated rings. The first-order chi connectivity index (χ1) is 12.6. The average molecular weight is 352 g/mol. The van der Waals surface area contributed by atoms with Crippen LogP contribution >= 0.6 is 0 Å². The Morgan fingerprint density at radius 3 is 2.65 bits per heavy atom. The number of rotatable bonds is 6. The molecule has 0 aliphatic heterocycles. The molecule has 3 aromatic rings. The third-order valence-electron chi connectivity index (χ3n) is 3.74. The highest BCUT2D eigenvalue weighted by atomic mass is 19.1. The molecule has 1 aromatic carbocycles. The lowest BCUT2D eigenvalue weighted by atomic mass is 10.0. The number of carbonyl (C=O) groups excluding carboxylic acids is 1. The van der Waals surface area contributed by atoms with Gasteiger partial charge in [0.15, 0.2) is 0 Å². The summed E-state index contributed by atoms with van der Waals surface area (Å²) in [5, 5.41) is 0. The Hall–Kier alpha value is -3.35. The van der Waals surface area contributed by atoms with E-state index in [1.54, 1.807) is 30.6 Å². The van der Waals surface area contributed by atoms with Crippen LogP contribution in [0.25, 0.3) is 22.5 Å². The smallest absolute Gasteiger partial charge is 0.221 e. The molecule has 0 unspecified atom stereocenters. The van der Waals surface area contributed by atoms with Gasteiger partial charge in [0.05, 0.1) is 24.4 Å². The van der Waals surface area contributed by atoms with E-state index in [4.69, 9.17) is 10.5 Å². The zero-order valence-corrected chi connectivity index (χ0v) is 14.1. The van der Waals surface area contributed by atoms with Crippen LogP contribution in [0.15, 0.2) is 49.1 Å². The summed E-state index contributed by atoms with van der Waals surface area (Å²) < 4.78 is 19.1. The SMILES string of the molecule is CCOc1cc(F)ccc1-c1cc(-c2cnccc2CC(N)=O)ncn1. The fourth-order valence-electron chi connectivity index (χ4n) is 2.63. The van der Waals surface area contributed by atoms with Crippen LogP contribution in [-0.2, 0) is 11.2 Å². The molecule has 0 saturated carbocycles. The second kappa shape index (κ2) is 7.69. The number of hydrogen-bond acceptors (Lipinski definition) is 5. The normalized spacial score (nSPS) is 10.5. The number of amides is 1. The lowest BCUT2D eigenvalue weighted by Crippen LogP contribution is -2.14. The Balaban J connectivity index is 2.07. The van der Waals surface area contributed by atoms with Crippen molar-refractivity contribution in [2.75, 3.05) is 6.61 Å². The largest absolute Gasteiger partial charge is 0.493 e. The molecule has 132 valence electrons. The number of nitrogens with two attached hydrogens (primary N) is 1. The third kappa shape index (κ3) is 3.83. The van der Waals surface area contributed by atoms with Gasteiger partial charge in [-0.05, 0) is 36.8 Å². The van der Waals surface area contributed by atoms with Gasteiger partial charge in [-0.25, -0.2) is 14.4 Å². The maximum absolute atomic E-state index is 13.5. The number of aromatic nitrogens is 3. The lowest BCUT2D eigenvalue weighted by Gasteiger charge is -2.11. The Labute approximate surface area is 149 Å². The average Bonchev–Trinajstić information content (AvgIpc) is 2.62. The highest BCUT2D eigenvalue weighted by molar-refractivity contribution is 5.80. The van der Waals surface area contributed by atoms with Gasteiger partial charge in [0.1, 0.15) is 17.9 Å². The molecule has 0 aliphatic rings. The van der Waals surface area contributed by atoms with Gasteiger partial charge in [0.25, 0.3) is 0 Å². The van der Waals surface area contributed by atoms with Crippen molar-refractivity contribution >= 4 is 5.91 Å². The standard InChI is InChI=1S/C19H17FN4O2/c1-2-26-18-8-13(20)3-4-14(18)16-9-17(24-11-23-16)15-10-22-6-5-12(15)7-19(21)25/h3-6,8-11H,2,7H2,1H3,(H2,21,25). The summed E-state index contributed by atoms with van der Waals surface area (Å²) in [7, 11) is 0. The Morgan fingerprint density at radius 2 is 1.92 bits per heavy atom. The van der Waals surface area contributed by atoms with Crippen LogP contribution in [0.4, 0.5) is 4.39 Å². The van der Waals surface area contributed by atoms with Crippen LogP contribution in [0.2, 0.25) is 0 Å². The van der Waals surface area contributed by atoms with E-state index in [1.807, 2.05) is 6.92 Å². The molecular formula is C19H17FN4O2. The zero-order chi connectivity index (χ0) is 18.5. The maximum Gasteiger partial charge on any atom is 0.221 e. The Morgan fingerprint density at radius 1 is 1.15 bits per heavy atom. The van der Waals surface area contributed by atoms with Crippen LogP contribution in [0.5, 0.6) is 5.75 Å². The van der Waals surface area contributed by atoms with Crippen molar-refractivity contribution in [2.45, 2.75) is 13.3 Å². The van der Waals surface area contributed by atoms with E-state index in [2.05, 4.69) is 15.0 Å². The summed E-state index contributed by atoms with van der Waals surface area (Å²) in [6, 6.07) is 7.76. The van der Waals surface area contributed by atoms with E-state index in [-0.39, 0.29) is 12.2 Å². The molecule has 2 N–H and O–H groups in total. The fourth-order valence-corrected chi connectivity index (χ4v) is 2.63. The summed E-state index contributed by atoms with van der Waals surface area (Å²) in [5.74, 6) is -0.424. The summed E-state index contributed by atoms with van der Waals surface area (Å²) in [4.78, 5) is 24.0. The number of halogens is 1. The molecule has 0 atom stereocenters. The summed E-state index contributed by atoms with van der Waals surface area (Å²) >= 11 is 0. The van der Waals surface area contributed by atoms with Crippen LogP contribution in [0.3, 0.4) is 0 Å². The molecule has 0 spiro atoms. The fraction of sp³-hybridized carbons (Fsp3) is 0.158.